The van der Waals surface area contributed by atoms with Crippen molar-refractivity contribution in [1.82, 2.24) is 9.67 Å². The summed E-state index contributed by atoms with van der Waals surface area (Å²) >= 11 is 11.5. The molecule has 264 valence electrons. The Kier molecular flexibility index (Phi) is 8.61. The van der Waals surface area contributed by atoms with Gasteiger partial charge in [-0.2, -0.15) is 0 Å². The molecule has 0 aromatic heterocycles. The summed E-state index contributed by atoms with van der Waals surface area (Å²) in [7, 11) is 0. The molecule has 2 unspecified atom stereocenters. The SMILES string of the molecule is CC(C)(O)[C@@H]1CC[C@](C)([C@H]2[C@@H](O)C[C@@]3(C)C4C[C@H](O)[C@@]5(N)C(C)(C)[C@@H](OC(=O)[C@H](CCCNCl)NCl)CC[C@@]56CC46CC[C@]23C)O1. The number of nitrogens with two attached hydrogens (primary N) is 1. The molecule has 13 atom stereocenters. The van der Waals surface area contributed by atoms with E-state index in [1.807, 2.05) is 13.8 Å². The minimum atomic E-state index is -0.941. The van der Waals surface area contributed by atoms with Crippen LogP contribution in [-0.2, 0) is 14.3 Å². The van der Waals surface area contributed by atoms with Crippen LogP contribution in [0.15, 0.2) is 0 Å². The first-order chi connectivity index (χ1) is 21.2. The summed E-state index contributed by atoms with van der Waals surface area (Å²) in [6.07, 6.45) is 6.31. The van der Waals surface area contributed by atoms with Gasteiger partial charge in [0.25, 0.3) is 0 Å². The van der Waals surface area contributed by atoms with Crippen LogP contribution < -0.4 is 15.4 Å². The summed E-state index contributed by atoms with van der Waals surface area (Å²) in [5.41, 5.74) is 3.78. The van der Waals surface area contributed by atoms with Crippen LogP contribution in [0.2, 0.25) is 0 Å². The molecule has 0 amide bonds. The van der Waals surface area contributed by atoms with E-state index in [1.54, 1.807) is 0 Å². The number of carbonyl (C=O) groups excluding carboxylic acids is 1. The Hall–Kier alpha value is -0.230. The van der Waals surface area contributed by atoms with Crippen molar-refractivity contribution in [3.63, 3.8) is 0 Å². The van der Waals surface area contributed by atoms with Crippen LogP contribution in [-0.4, -0.2) is 75.0 Å². The van der Waals surface area contributed by atoms with E-state index in [0.29, 0.717) is 38.6 Å². The molecule has 46 heavy (non-hydrogen) atoms. The van der Waals surface area contributed by atoms with Crippen LogP contribution >= 0.6 is 23.6 Å². The summed E-state index contributed by atoms with van der Waals surface area (Å²) in [6.45, 7) is 15.2. The monoisotopic (exact) mass is 687 g/mol. The van der Waals surface area contributed by atoms with Crippen molar-refractivity contribution < 1.29 is 29.6 Å². The fourth-order valence-electron chi connectivity index (χ4n) is 13.1. The molecule has 1 saturated heterocycles. The number of halogens is 2. The molecular formula is C35H59Cl2N3O6. The molecule has 0 aromatic carbocycles. The van der Waals surface area contributed by atoms with Gasteiger partial charge < -0.3 is 30.5 Å². The Morgan fingerprint density at radius 1 is 1.07 bits per heavy atom. The first kappa shape index (κ1) is 35.6. The highest BCUT2D eigenvalue weighted by atomic mass is 35.5. The van der Waals surface area contributed by atoms with Gasteiger partial charge in [-0.1, -0.05) is 27.7 Å². The van der Waals surface area contributed by atoms with Gasteiger partial charge >= 0.3 is 5.97 Å². The topological polar surface area (TPSA) is 146 Å². The number of aliphatic hydroxyl groups is 3. The van der Waals surface area contributed by atoms with E-state index in [-0.39, 0.29) is 39.6 Å². The van der Waals surface area contributed by atoms with E-state index in [4.69, 9.17) is 38.8 Å². The van der Waals surface area contributed by atoms with Gasteiger partial charge in [-0.3, -0.25) is 4.79 Å². The van der Waals surface area contributed by atoms with Crippen LogP contribution in [0.4, 0.5) is 0 Å². The summed E-state index contributed by atoms with van der Waals surface area (Å²) in [5, 5.41) is 35.0. The average molecular weight is 689 g/mol. The van der Waals surface area contributed by atoms with E-state index in [1.165, 1.54) is 0 Å². The van der Waals surface area contributed by atoms with Crippen molar-refractivity contribution >= 4 is 29.5 Å². The molecule has 6 aliphatic rings. The Bertz CT molecular complexity index is 1220. The highest BCUT2D eigenvalue weighted by molar-refractivity contribution is 6.14. The van der Waals surface area contributed by atoms with Crippen molar-refractivity contribution in [1.29, 1.82) is 0 Å². The Labute approximate surface area is 285 Å². The van der Waals surface area contributed by atoms with E-state index in [9.17, 15) is 20.1 Å². The number of hydrogen-bond donors (Lipinski definition) is 6. The molecule has 0 radical (unpaired) electrons. The maximum absolute atomic E-state index is 13.3. The van der Waals surface area contributed by atoms with E-state index in [0.717, 1.165) is 38.5 Å². The predicted octanol–water partition coefficient (Wildman–Crippen LogP) is 4.70. The molecule has 5 saturated carbocycles. The molecule has 6 fully saturated rings. The van der Waals surface area contributed by atoms with Crippen molar-refractivity contribution in [2.24, 2.45) is 44.6 Å². The molecule has 11 heteroatoms. The van der Waals surface area contributed by atoms with Crippen molar-refractivity contribution in [2.75, 3.05) is 6.54 Å². The van der Waals surface area contributed by atoms with Gasteiger partial charge in [-0.25, -0.2) is 9.67 Å². The standard InChI is InChI=1S/C35H59Cl2N3O6/c1-28(2)24(45-27(43)20(40-37)9-8-16-39-36)11-13-34-19-33(34)15-14-30(5)26(32(7)12-10-25(46-32)29(3,4)44)21(41)18-31(30,6)22(33)17-23(42)35(28,34)38/h20-26,39-42,44H,8-19,38H2,1-7H3/t20-,21-,22?,23-,24-,25-,26-,30+,31-,32+,33?,34-,35+/m0/s1. The largest absolute Gasteiger partial charge is 0.461 e. The van der Waals surface area contributed by atoms with Crippen molar-refractivity contribution in [3.05, 3.63) is 0 Å². The van der Waals surface area contributed by atoms with E-state index < -0.39 is 52.5 Å². The molecule has 2 spiro atoms. The molecule has 1 aliphatic heterocycles. The maximum Gasteiger partial charge on any atom is 0.324 e. The van der Waals surface area contributed by atoms with Gasteiger partial charge in [-0.15, -0.1) is 0 Å². The second-order valence-corrected chi connectivity index (χ2v) is 18.6. The quantitative estimate of drug-likeness (QED) is 0.115. The third-order valence-corrected chi connectivity index (χ3v) is 16.1. The highest BCUT2D eigenvalue weighted by Crippen LogP contribution is 2.89. The molecular weight excluding hydrogens is 629 g/mol. The number of fused-ring (bicyclic) bond motifs is 2. The first-order valence-corrected chi connectivity index (χ1v) is 18.5. The lowest BCUT2D eigenvalue weighted by Crippen LogP contribution is -2.76. The zero-order chi connectivity index (χ0) is 33.9. The van der Waals surface area contributed by atoms with Crippen molar-refractivity contribution in [2.45, 2.75) is 166 Å². The lowest BCUT2D eigenvalue weighted by molar-refractivity contribution is -0.226. The third-order valence-electron chi connectivity index (χ3n) is 15.7. The summed E-state index contributed by atoms with van der Waals surface area (Å²) in [5.74, 6) is -0.269. The number of aliphatic hydroxyl groups excluding tert-OH is 2. The summed E-state index contributed by atoms with van der Waals surface area (Å²) < 4.78 is 12.9. The second-order valence-electron chi connectivity index (χ2n) is 18.2. The molecule has 9 nitrogen and oxygen atoms in total. The Morgan fingerprint density at radius 3 is 2.37 bits per heavy atom. The first-order valence-electron chi connectivity index (χ1n) is 17.7. The molecule has 6 rings (SSSR count). The molecule has 5 aliphatic carbocycles. The summed E-state index contributed by atoms with van der Waals surface area (Å²) in [4.78, 5) is 18.4. The fraction of sp³-hybridized carbons (Fsp3) is 0.971. The van der Waals surface area contributed by atoms with Crippen LogP contribution in [0.3, 0.4) is 0 Å². The van der Waals surface area contributed by atoms with Gasteiger partial charge in [0.2, 0.25) is 0 Å². The normalized spacial score (nSPS) is 51.4. The fourth-order valence-corrected chi connectivity index (χ4v) is 13.5. The summed E-state index contributed by atoms with van der Waals surface area (Å²) in [6, 6.07) is -0.665. The number of nitrogens with one attached hydrogen (secondary N) is 2. The number of carbonyl (C=O) groups is 1. The molecule has 1 heterocycles. The Morgan fingerprint density at radius 2 is 1.76 bits per heavy atom. The smallest absolute Gasteiger partial charge is 0.324 e. The number of esters is 1. The minimum absolute atomic E-state index is 0.0298. The number of hydrogen-bond acceptors (Lipinski definition) is 9. The zero-order valence-corrected chi connectivity index (χ0v) is 30.4. The third kappa shape index (κ3) is 4.47. The molecule has 7 N–H and O–H groups in total. The van der Waals surface area contributed by atoms with Crippen LogP contribution in [0, 0.1) is 38.9 Å². The molecule has 0 aromatic rings. The van der Waals surface area contributed by atoms with E-state index >= 15 is 0 Å². The van der Waals surface area contributed by atoms with Crippen LogP contribution in [0.25, 0.3) is 0 Å². The predicted molar refractivity (Wildman–Crippen MR) is 178 cm³/mol. The lowest BCUT2D eigenvalue weighted by Gasteiger charge is -2.68. The van der Waals surface area contributed by atoms with E-state index in [2.05, 4.69) is 44.3 Å². The van der Waals surface area contributed by atoms with Gasteiger partial charge in [0, 0.05) is 17.9 Å². The van der Waals surface area contributed by atoms with Gasteiger partial charge in [-0.05, 0) is 143 Å². The van der Waals surface area contributed by atoms with Crippen LogP contribution in [0.5, 0.6) is 0 Å². The average Bonchev–Trinajstić information content (AvgIpc) is 3.35. The number of rotatable bonds is 9. The number of ether oxygens (including phenoxy) is 2. The van der Waals surface area contributed by atoms with Gasteiger partial charge in [0.1, 0.15) is 12.1 Å². The Balaban J connectivity index is 1.27. The highest BCUT2D eigenvalue weighted by Gasteiger charge is 2.88. The minimum Gasteiger partial charge on any atom is -0.461 e. The van der Waals surface area contributed by atoms with Gasteiger partial charge in [0.05, 0.1) is 35.1 Å². The van der Waals surface area contributed by atoms with Crippen molar-refractivity contribution in [3.8, 4) is 0 Å². The second kappa shape index (κ2) is 11.1. The maximum atomic E-state index is 13.3. The zero-order valence-electron chi connectivity index (χ0n) is 28.9. The van der Waals surface area contributed by atoms with Crippen LogP contribution in [0.1, 0.15) is 119 Å². The molecule has 0 bridgehead atoms. The van der Waals surface area contributed by atoms with Gasteiger partial charge in [0.15, 0.2) is 0 Å². The lowest BCUT2D eigenvalue weighted by atomic mass is 9.39.